The molecule has 0 bridgehead atoms. The third-order valence-corrected chi connectivity index (χ3v) is 3.26. The second-order valence-corrected chi connectivity index (χ2v) is 4.91. The molecule has 4 nitrogen and oxygen atoms in total. The van der Waals surface area contributed by atoms with E-state index in [1.54, 1.807) is 11.8 Å². The molecule has 94 valence electrons. The summed E-state index contributed by atoms with van der Waals surface area (Å²) < 4.78 is 0. The molecule has 1 aromatic heterocycles. The normalized spacial score (nSPS) is 10.3. The van der Waals surface area contributed by atoms with Crippen LogP contribution in [0.15, 0.2) is 46.3 Å². The summed E-state index contributed by atoms with van der Waals surface area (Å²) in [6, 6.07) is 12.0. The van der Waals surface area contributed by atoms with Gasteiger partial charge in [0.1, 0.15) is 16.7 Å². The van der Waals surface area contributed by atoms with Gasteiger partial charge in [-0.1, -0.05) is 36.9 Å². The van der Waals surface area contributed by atoms with Gasteiger partial charge in [0.25, 0.3) is 0 Å². The van der Waals surface area contributed by atoms with Crippen LogP contribution in [0.2, 0.25) is 0 Å². The first kappa shape index (κ1) is 12.9. The van der Waals surface area contributed by atoms with Crippen LogP contribution in [-0.2, 0) is 6.42 Å². The third-order valence-electron chi connectivity index (χ3n) is 2.34. The highest BCUT2D eigenvalue weighted by atomic mass is 32.2. The van der Waals surface area contributed by atoms with E-state index in [0.717, 1.165) is 28.6 Å². The van der Waals surface area contributed by atoms with Crippen molar-refractivity contribution in [2.45, 2.75) is 29.7 Å². The molecule has 0 aliphatic carbocycles. The Morgan fingerprint density at radius 3 is 2.67 bits per heavy atom. The van der Waals surface area contributed by atoms with Crippen molar-refractivity contribution in [1.29, 1.82) is 0 Å². The van der Waals surface area contributed by atoms with Crippen molar-refractivity contribution in [3.8, 4) is 0 Å². The summed E-state index contributed by atoms with van der Waals surface area (Å²) in [6.45, 7) is 2.11. The van der Waals surface area contributed by atoms with E-state index in [0.29, 0.717) is 5.82 Å². The Bertz CT molecular complexity index is 502. The highest BCUT2D eigenvalue weighted by Crippen LogP contribution is 2.27. The van der Waals surface area contributed by atoms with Gasteiger partial charge >= 0.3 is 0 Å². The van der Waals surface area contributed by atoms with Crippen molar-refractivity contribution >= 4 is 17.6 Å². The Kier molecular flexibility index (Phi) is 4.55. The van der Waals surface area contributed by atoms with Crippen molar-refractivity contribution in [1.82, 2.24) is 9.97 Å². The largest absolute Gasteiger partial charge is 0.308 e. The number of aromatic nitrogens is 2. The zero-order valence-electron chi connectivity index (χ0n) is 10.3. The van der Waals surface area contributed by atoms with Crippen LogP contribution in [-0.4, -0.2) is 9.97 Å². The van der Waals surface area contributed by atoms with Crippen LogP contribution >= 0.6 is 11.8 Å². The quantitative estimate of drug-likeness (QED) is 0.491. The number of hydrogen-bond donors (Lipinski definition) is 2. The minimum Gasteiger partial charge on any atom is -0.308 e. The van der Waals surface area contributed by atoms with E-state index in [2.05, 4.69) is 34.5 Å². The van der Waals surface area contributed by atoms with Gasteiger partial charge in [-0.25, -0.2) is 15.8 Å². The smallest absolute Gasteiger partial charge is 0.144 e. The summed E-state index contributed by atoms with van der Waals surface area (Å²) in [5.74, 6) is 6.91. The predicted molar refractivity (Wildman–Crippen MR) is 74.4 cm³/mol. The molecular weight excluding hydrogens is 244 g/mol. The zero-order chi connectivity index (χ0) is 12.8. The molecule has 1 heterocycles. The lowest BCUT2D eigenvalue weighted by atomic mass is 10.3. The number of hydrogen-bond acceptors (Lipinski definition) is 5. The summed E-state index contributed by atoms with van der Waals surface area (Å²) in [5, 5.41) is 0.910. The number of nitrogen functional groups attached to an aromatic ring is 1. The molecule has 0 unspecified atom stereocenters. The maximum Gasteiger partial charge on any atom is 0.144 e. The highest BCUT2D eigenvalue weighted by molar-refractivity contribution is 7.99. The van der Waals surface area contributed by atoms with Crippen LogP contribution in [0.3, 0.4) is 0 Å². The number of rotatable bonds is 5. The summed E-state index contributed by atoms with van der Waals surface area (Å²) in [4.78, 5) is 10.00. The molecular formula is C13H16N4S. The minimum absolute atomic E-state index is 0.659. The molecule has 0 aliphatic heterocycles. The molecule has 0 spiro atoms. The second-order valence-electron chi connectivity index (χ2n) is 3.82. The van der Waals surface area contributed by atoms with Gasteiger partial charge in [0.2, 0.25) is 0 Å². The number of nitrogens with one attached hydrogen (secondary N) is 1. The van der Waals surface area contributed by atoms with Crippen molar-refractivity contribution in [3.63, 3.8) is 0 Å². The van der Waals surface area contributed by atoms with Gasteiger partial charge < -0.3 is 5.43 Å². The van der Waals surface area contributed by atoms with E-state index in [1.165, 1.54) is 0 Å². The molecule has 0 amide bonds. The SMILES string of the molecule is CCCc1nc(NN)cc(Sc2ccccc2)n1. The molecule has 0 aliphatic rings. The van der Waals surface area contributed by atoms with Crippen LogP contribution in [0.5, 0.6) is 0 Å². The van der Waals surface area contributed by atoms with Crippen molar-refractivity contribution < 1.29 is 0 Å². The molecule has 1 aromatic carbocycles. The highest BCUT2D eigenvalue weighted by Gasteiger charge is 2.05. The average Bonchev–Trinajstić information content (AvgIpc) is 2.40. The number of nitrogens with zero attached hydrogens (tertiary/aromatic N) is 2. The van der Waals surface area contributed by atoms with Crippen LogP contribution in [0.4, 0.5) is 5.82 Å². The van der Waals surface area contributed by atoms with Crippen molar-refractivity contribution in [2.75, 3.05) is 5.43 Å². The van der Waals surface area contributed by atoms with Crippen molar-refractivity contribution in [2.24, 2.45) is 5.84 Å². The first-order valence-corrected chi connectivity index (χ1v) is 6.71. The van der Waals surface area contributed by atoms with Crippen molar-refractivity contribution in [3.05, 3.63) is 42.2 Å². The Morgan fingerprint density at radius 1 is 1.22 bits per heavy atom. The summed E-state index contributed by atoms with van der Waals surface area (Å²) in [5.41, 5.74) is 2.59. The molecule has 0 radical (unpaired) electrons. The molecule has 0 saturated heterocycles. The first-order chi connectivity index (χ1) is 8.81. The monoisotopic (exact) mass is 260 g/mol. The summed E-state index contributed by atoms with van der Waals surface area (Å²) in [6.07, 6.45) is 1.88. The van der Waals surface area contributed by atoms with Crippen LogP contribution in [0.25, 0.3) is 0 Å². The van der Waals surface area contributed by atoms with E-state index in [1.807, 2.05) is 24.3 Å². The van der Waals surface area contributed by atoms with Gasteiger partial charge in [-0.15, -0.1) is 0 Å². The minimum atomic E-state index is 0.659. The number of hydrazine groups is 1. The Balaban J connectivity index is 2.24. The molecule has 3 N–H and O–H groups in total. The Labute approximate surface area is 111 Å². The van der Waals surface area contributed by atoms with E-state index >= 15 is 0 Å². The predicted octanol–water partition coefficient (Wildman–Crippen LogP) is 2.87. The van der Waals surface area contributed by atoms with Crippen LogP contribution in [0.1, 0.15) is 19.2 Å². The van der Waals surface area contributed by atoms with Gasteiger partial charge in [-0.2, -0.15) is 0 Å². The van der Waals surface area contributed by atoms with Gasteiger partial charge in [0.05, 0.1) is 0 Å². The first-order valence-electron chi connectivity index (χ1n) is 5.89. The maximum absolute atomic E-state index is 5.43. The fourth-order valence-corrected chi connectivity index (χ4v) is 2.40. The van der Waals surface area contributed by atoms with E-state index in [4.69, 9.17) is 5.84 Å². The third kappa shape index (κ3) is 3.45. The van der Waals surface area contributed by atoms with Crippen LogP contribution in [0, 0.1) is 0 Å². The second kappa shape index (κ2) is 6.37. The Hall–Kier alpha value is -1.59. The van der Waals surface area contributed by atoms with Crippen LogP contribution < -0.4 is 11.3 Å². The number of aryl methyl sites for hydroxylation is 1. The van der Waals surface area contributed by atoms with Gasteiger partial charge in [-0.3, -0.25) is 0 Å². The van der Waals surface area contributed by atoms with Gasteiger partial charge in [-0.05, 0) is 18.6 Å². The van der Waals surface area contributed by atoms with E-state index in [9.17, 15) is 0 Å². The maximum atomic E-state index is 5.43. The fourth-order valence-electron chi connectivity index (χ4n) is 1.54. The van der Waals surface area contributed by atoms with E-state index in [-0.39, 0.29) is 0 Å². The average molecular weight is 260 g/mol. The molecule has 5 heteroatoms. The topological polar surface area (TPSA) is 63.8 Å². The lowest BCUT2D eigenvalue weighted by molar-refractivity contribution is 0.810. The molecule has 0 saturated carbocycles. The summed E-state index contributed by atoms with van der Waals surface area (Å²) >= 11 is 1.61. The lowest BCUT2D eigenvalue weighted by Gasteiger charge is -2.06. The summed E-state index contributed by atoms with van der Waals surface area (Å²) in [7, 11) is 0. The fraction of sp³-hybridized carbons (Fsp3) is 0.231. The van der Waals surface area contributed by atoms with Gasteiger partial charge in [0, 0.05) is 17.4 Å². The van der Waals surface area contributed by atoms with Gasteiger partial charge in [0.15, 0.2) is 0 Å². The molecule has 0 fully saturated rings. The number of nitrogens with two attached hydrogens (primary N) is 1. The zero-order valence-corrected chi connectivity index (χ0v) is 11.1. The standard InChI is InChI=1S/C13H16N4S/c1-2-6-11-15-12(17-14)9-13(16-11)18-10-7-4-3-5-8-10/h3-5,7-9H,2,6,14H2,1H3,(H,15,16,17). The molecule has 2 rings (SSSR count). The molecule has 0 atom stereocenters. The molecule has 18 heavy (non-hydrogen) atoms. The lowest BCUT2D eigenvalue weighted by Crippen LogP contribution is -2.10. The number of anilines is 1. The molecule has 2 aromatic rings. The van der Waals surface area contributed by atoms with E-state index < -0.39 is 0 Å². The Morgan fingerprint density at radius 2 is 2.00 bits per heavy atom. The number of benzene rings is 1.